The minimum absolute atomic E-state index is 0.0364. The summed E-state index contributed by atoms with van der Waals surface area (Å²) in [5.41, 5.74) is 1.02. The van der Waals surface area contributed by atoms with Crippen molar-refractivity contribution >= 4 is 29.2 Å². The van der Waals surface area contributed by atoms with E-state index in [1.807, 2.05) is 13.0 Å². The van der Waals surface area contributed by atoms with Gasteiger partial charge in [-0.2, -0.15) is 0 Å². The Balaban J connectivity index is 2.23. The summed E-state index contributed by atoms with van der Waals surface area (Å²) in [5.74, 6) is 0. The first-order valence-electron chi connectivity index (χ1n) is 6.62. The number of aliphatic hydroxyl groups excluding tert-OH is 1. The van der Waals surface area contributed by atoms with Crippen molar-refractivity contribution < 1.29 is 9.90 Å². The topological polar surface area (TPSA) is 61.4 Å². The maximum Gasteiger partial charge on any atom is 0.314 e. The monoisotopic (exact) mass is 318 g/mol. The third kappa shape index (κ3) is 6.46. The maximum atomic E-state index is 11.5. The summed E-state index contributed by atoms with van der Waals surface area (Å²) in [5, 5.41) is 15.5. The van der Waals surface area contributed by atoms with Gasteiger partial charge in [-0.1, -0.05) is 29.3 Å². The van der Waals surface area contributed by atoms with E-state index < -0.39 is 0 Å². The molecule has 0 aliphatic rings. The Kier molecular flexibility index (Phi) is 7.73. The van der Waals surface area contributed by atoms with E-state index in [1.165, 1.54) is 0 Å². The second kappa shape index (κ2) is 9.06. The van der Waals surface area contributed by atoms with Crippen LogP contribution in [-0.2, 0) is 6.42 Å². The van der Waals surface area contributed by atoms with Gasteiger partial charge in [-0.15, -0.1) is 0 Å². The number of benzene rings is 1. The number of amides is 2. The van der Waals surface area contributed by atoms with E-state index in [0.29, 0.717) is 23.0 Å². The molecule has 20 heavy (non-hydrogen) atoms. The SMILES string of the molecule is C[C@H](CCO)NC(=O)NCCCc1ccc(Cl)cc1Cl. The lowest BCUT2D eigenvalue weighted by Gasteiger charge is -2.13. The first-order valence-corrected chi connectivity index (χ1v) is 7.37. The van der Waals surface area contributed by atoms with Gasteiger partial charge in [0.25, 0.3) is 0 Å². The minimum atomic E-state index is -0.215. The molecular weight excluding hydrogens is 299 g/mol. The summed E-state index contributed by atoms with van der Waals surface area (Å²) in [6.45, 7) is 2.48. The fourth-order valence-electron chi connectivity index (χ4n) is 1.75. The molecule has 0 fully saturated rings. The third-order valence-corrected chi connectivity index (χ3v) is 3.45. The fraction of sp³-hybridized carbons (Fsp3) is 0.500. The molecule has 0 heterocycles. The lowest BCUT2D eigenvalue weighted by atomic mass is 10.1. The molecule has 3 N–H and O–H groups in total. The van der Waals surface area contributed by atoms with Crippen molar-refractivity contribution in [3.8, 4) is 0 Å². The summed E-state index contributed by atoms with van der Waals surface area (Å²) in [7, 11) is 0. The Morgan fingerprint density at radius 1 is 1.40 bits per heavy atom. The molecule has 1 rings (SSSR count). The van der Waals surface area contributed by atoms with E-state index in [-0.39, 0.29) is 18.7 Å². The first kappa shape index (κ1) is 17.1. The van der Waals surface area contributed by atoms with E-state index in [1.54, 1.807) is 12.1 Å². The number of aryl methyl sites for hydroxylation is 1. The number of halogens is 2. The van der Waals surface area contributed by atoms with Crippen LogP contribution in [0, 0.1) is 0 Å². The average molecular weight is 319 g/mol. The largest absolute Gasteiger partial charge is 0.396 e. The van der Waals surface area contributed by atoms with Crippen molar-refractivity contribution in [2.75, 3.05) is 13.2 Å². The van der Waals surface area contributed by atoms with Gasteiger partial charge in [-0.25, -0.2) is 4.79 Å². The number of hydrogen-bond donors (Lipinski definition) is 3. The highest BCUT2D eigenvalue weighted by atomic mass is 35.5. The molecule has 0 aliphatic heterocycles. The van der Waals surface area contributed by atoms with Gasteiger partial charge in [-0.3, -0.25) is 0 Å². The summed E-state index contributed by atoms with van der Waals surface area (Å²) in [4.78, 5) is 11.5. The summed E-state index contributed by atoms with van der Waals surface area (Å²) in [6, 6.07) is 5.17. The molecule has 0 spiro atoms. The Morgan fingerprint density at radius 3 is 2.80 bits per heavy atom. The Morgan fingerprint density at radius 2 is 2.15 bits per heavy atom. The standard InChI is InChI=1S/C14H20Cl2N2O2/c1-10(6-8-19)18-14(20)17-7-2-3-11-4-5-12(15)9-13(11)16/h4-5,9-10,19H,2-3,6-8H2,1H3,(H2,17,18,20)/t10-/m1/s1. The van der Waals surface area contributed by atoms with Gasteiger partial charge in [0.05, 0.1) is 0 Å². The van der Waals surface area contributed by atoms with Crippen molar-refractivity contribution in [2.45, 2.75) is 32.2 Å². The summed E-state index contributed by atoms with van der Waals surface area (Å²) >= 11 is 11.9. The van der Waals surface area contributed by atoms with Crippen LogP contribution in [0.15, 0.2) is 18.2 Å². The highest BCUT2D eigenvalue weighted by molar-refractivity contribution is 6.35. The predicted molar refractivity (Wildman–Crippen MR) is 82.5 cm³/mol. The molecule has 6 heteroatoms. The Labute approximate surface area is 129 Å². The Bertz CT molecular complexity index is 441. The number of urea groups is 1. The molecule has 2 amide bonds. The fourth-order valence-corrected chi connectivity index (χ4v) is 2.25. The molecule has 0 bridgehead atoms. The lowest BCUT2D eigenvalue weighted by molar-refractivity contribution is 0.231. The van der Waals surface area contributed by atoms with Gasteiger partial charge in [0.2, 0.25) is 0 Å². The van der Waals surface area contributed by atoms with Crippen LogP contribution in [0.5, 0.6) is 0 Å². The first-order chi connectivity index (χ1) is 9.52. The van der Waals surface area contributed by atoms with Crippen LogP contribution >= 0.6 is 23.2 Å². The van der Waals surface area contributed by atoms with Gasteiger partial charge < -0.3 is 15.7 Å². The zero-order chi connectivity index (χ0) is 15.0. The number of nitrogens with one attached hydrogen (secondary N) is 2. The van der Waals surface area contributed by atoms with Crippen LogP contribution in [0.25, 0.3) is 0 Å². The molecule has 0 aromatic heterocycles. The van der Waals surface area contributed by atoms with Gasteiger partial charge in [0.1, 0.15) is 0 Å². The van der Waals surface area contributed by atoms with Crippen molar-refractivity contribution in [3.05, 3.63) is 33.8 Å². The molecule has 1 aromatic rings. The van der Waals surface area contributed by atoms with E-state index in [9.17, 15) is 4.79 Å². The van der Waals surface area contributed by atoms with Gasteiger partial charge in [0.15, 0.2) is 0 Å². The minimum Gasteiger partial charge on any atom is -0.396 e. The molecule has 1 atom stereocenters. The van der Waals surface area contributed by atoms with Crippen molar-refractivity contribution in [1.29, 1.82) is 0 Å². The smallest absolute Gasteiger partial charge is 0.314 e. The Hall–Kier alpha value is -0.970. The number of rotatable bonds is 7. The van der Waals surface area contributed by atoms with Crippen LogP contribution in [0.4, 0.5) is 4.79 Å². The maximum absolute atomic E-state index is 11.5. The van der Waals surface area contributed by atoms with Crippen molar-refractivity contribution in [3.63, 3.8) is 0 Å². The number of hydrogen-bond acceptors (Lipinski definition) is 2. The molecule has 0 unspecified atom stereocenters. The van der Waals surface area contributed by atoms with Gasteiger partial charge in [-0.05, 0) is 43.9 Å². The summed E-state index contributed by atoms with van der Waals surface area (Å²) in [6.07, 6.45) is 2.12. The predicted octanol–water partition coefficient (Wildman–Crippen LogP) is 3.00. The molecule has 0 saturated heterocycles. The van der Waals surface area contributed by atoms with Crippen molar-refractivity contribution in [1.82, 2.24) is 10.6 Å². The lowest BCUT2D eigenvalue weighted by Crippen LogP contribution is -2.41. The van der Waals surface area contributed by atoms with E-state index in [4.69, 9.17) is 28.3 Å². The highest BCUT2D eigenvalue weighted by Gasteiger charge is 2.06. The number of carbonyl (C=O) groups excluding carboxylic acids is 1. The van der Waals surface area contributed by atoms with Crippen molar-refractivity contribution in [2.24, 2.45) is 0 Å². The van der Waals surface area contributed by atoms with Crippen LogP contribution in [0.2, 0.25) is 10.0 Å². The molecule has 0 saturated carbocycles. The van der Waals surface area contributed by atoms with E-state index in [0.717, 1.165) is 18.4 Å². The van der Waals surface area contributed by atoms with Crippen LogP contribution < -0.4 is 10.6 Å². The molecule has 1 aromatic carbocycles. The van der Waals surface area contributed by atoms with E-state index in [2.05, 4.69) is 10.6 Å². The van der Waals surface area contributed by atoms with Crippen LogP contribution in [-0.4, -0.2) is 30.3 Å². The molecule has 0 aliphatic carbocycles. The highest BCUT2D eigenvalue weighted by Crippen LogP contribution is 2.21. The number of carbonyl (C=O) groups is 1. The second-order valence-corrected chi connectivity index (χ2v) is 5.50. The second-order valence-electron chi connectivity index (χ2n) is 4.65. The molecule has 4 nitrogen and oxygen atoms in total. The quantitative estimate of drug-likeness (QED) is 0.677. The van der Waals surface area contributed by atoms with E-state index >= 15 is 0 Å². The zero-order valence-corrected chi connectivity index (χ0v) is 13.0. The summed E-state index contributed by atoms with van der Waals surface area (Å²) < 4.78 is 0. The molecule has 112 valence electrons. The van der Waals surface area contributed by atoms with Crippen LogP contribution in [0.3, 0.4) is 0 Å². The third-order valence-electron chi connectivity index (χ3n) is 2.86. The number of aliphatic hydroxyl groups is 1. The molecule has 0 radical (unpaired) electrons. The van der Waals surface area contributed by atoms with Gasteiger partial charge in [0, 0.05) is 29.2 Å². The molecular formula is C14H20Cl2N2O2. The average Bonchev–Trinajstić information content (AvgIpc) is 2.36. The zero-order valence-electron chi connectivity index (χ0n) is 11.5. The van der Waals surface area contributed by atoms with Gasteiger partial charge >= 0.3 is 6.03 Å². The normalized spacial score (nSPS) is 12.0. The van der Waals surface area contributed by atoms with Crippen LogP contribution in [0.1, 0.15) is 25.3 Å².